The first-order valence-electron chi connectivity index (χ1n) is 12.0. The van der Waals surface area contributed by atoms with Crippen LogP contribution in [0, 0.1) is 12.7 Å². The molecule has 7 nitrogen and oxygen atoms in total. The third-order valence-corrected chi connectivity index (χ3v) is 6.28. The minimum absolute atomic E-state index is 0.111. The van der Waals surface area contributed by atoms with E-state index in [2.05, 4.69) is 15.2 Å². The summed E-state index contributed by atoms with van der Waals surface area (Å²) in [5, 5.41) is 2.87. The second-order valence-corrected chi connectivity index (χ2v) is 8.78. The molecule has 1 aromatic carbocycles. The van der Waals surface area contributed by atoms with Gasteiger partial charge < -0.3 is 14.6 Å². The number of aryl methyl sites for hydroxylation is 1. The van der Waals surface area contributed by atoms with Crippen molar-refractivity contribution in [3.05, 3.63) is 99.0 Å². The minimum Gasteiger partial charge on any atom is -0.379 e. The van der Waals surface area contributed by atoms with Crippen LogP contribution in [0.25, 0.3) is 0 Å². The van der Waals surface area contributed by atoms with E-state index in [1.807, 2.05) is 29.7 Å². The fourth-order valence-electron chi connectivity index (χ4n) is 4.46. The fourth-order valence-corrected chi connectivity index (χ4v) is 4.46. The highest BCUT2D eigenvalue weighted by atomic mass is 19.1. The third kappa shape index (κ3) is 6.61. The lowest BCUT2D eigenvalue weighted by Crippen LogP contribution is -2.37. The molecule has 2 aromatic heterocycles. The van der Waals surface area contributed by atoms with E-state index in [9.17, 15) is 14.0 Å². The second kappa shape index (κ2) is 11.9. The Balaban J connectivity index is 1.62. The monoisotopic (exact) mass is 478 g/mol. The van der Waals surface area contributed by atoms with Gasteiger partial charge in [0.2, 0.25) is 0 Å². The number of benzene rings is 1. The minimum atomic E-state index is -0.430. The van der Waals surface area contributed by atoms with Crippen molar-refractivity contribution in [2.75, 3.05) is 32.8 Å². The highest BCUT2D eigenvalue weighted by Gasteiger charge is 2.21. The van der Waals surface area contributed by atoms with Gasteiger partial charge in [-0.3, -0.25) is 19.5 Å². The Morgan fingerprint density at radius 1 is 1.09 bits per heavy atom. The van der Waals surface area contributed by atoms with Crippen molar-refractivity contribution < 1.29 is 13.9 Å². The Kier molecular flexibility index (Phi) is 8.39. The lowest BCUT2D eigenvalue weighted by atomic mass is 10.0. The molecule has 1 aliphatic heterocycles. The van der Waals surface area contributed by atoms with E-state index in [1.54, 1.807) is 18.5 Å². The summed E-state index contributed by atoms with van der Waals surface area (Å²) in [5.74, 6) is -0.778. The predicted octanol–water partition coefficient (Wildman–Crippen LogP) is 2.93. The zero-order valence-corrected chi connectivity index (χ0v) is 20.0. The zero-order valence-electron chi connectivity index (χ0n) is 20.0. The van der Waals surface area contributed by atoms with Crippen LogP contribution in [-0.2, 0) is 24.2 Å². The molecular formula is C27H31FN4O3. The maximum atomic E-state index is 13.9. The predicted molar refractivity (Wildman–Crippen MR) is 132 cm³/mol. The van der Waals surface area contributed by atoms with E-state index in [-0.39, 0.29) is 29.8 Å². The van der Waals surface area contributed by atoms with Crippen LogP contribution in [0.15, 0.2) is 59.7 Å². The average Bonchev–Trinajstić information content (AvgIpc) is 2.86. The zero-order chi connectivity index (χ0) is 24.6. The van der Waals surface area contributed by atoms with Crippen molar-refractivity contribution in [2.24, 2.45) is 0 Å². The number of amides is 1. The van der Waals surface area contributed by atoms with Gasteiger partial charge in [-0.05, 0) is 48.7 Å². The van der Waals surface area contributed by atoms with Gasteiger partial charge in [0.15, 0.2) is 5.43 Å². The Labute approximate surface area is 204 Å². The molecule has 0 spiro atoms. The molecule has 184 valence electrons. The number of hydrogen-bond donors (Lipinski definition) is 1. The van der Waals surface area contributed by atoms with Crippen molar-refractivity contribution in [2.45, 2.75) is 32.9 Å². The first kappa shape index (κ1) is 24.8. The van der Waals surface area contributed by atoms with Crippen molar-refractivity contribution in [3.63, 3.8) is 0 Å². The average molecular weight is 479 g/mol. The molecule has 1 fully saturated rings. The van der Waals surface area contributed by atoms with E-state index in [4.69, 9.17) is 4.74 Å². The summed E-state index contributed by atoms with van der Waals surface area (Å²) in [6.45, 7) is 7.00. The Bertz CT molecular complexity index is 1210. The topological polar surface area (TPSA) is 76.5 Å². The quantitative estimate of drug-likeness (QED) is 0.512. The van der Waals surface area contributed by atoms with Gasteiger partial charge in [-0.25, -0.2) is 4.39 Å². The number of halogens is 1. The molecule has 0 atom stereocenters. The van der Waals surface area contributed by atoms with Crippen molar-refractivity contribution in [1.82, 2.24) is 19.8 Å². The van der Waals surface area contributed by atoms with Crippen LogP contribution >= 0.6 is 0 Å². The number of carbonyl (C=O) groups excluding carboxylic acids is 1. The first-order chi connectivity index (χ1) is 17.0. The standard InChI is InChI=1S/C27H31FN4O3/c1-20-16-25(33)26(27(34)30-19-21-6-8-29-9-7-21)24(18-22-4-2-5-23(28)17-22)32(20)11-3-10-31-12-14-35-15-13-31/h2,4-9,16-17H,3,10-15,18-19H2,1H3,(H,30,34). The van der Waals surface area contributed by atoms with Crippen molar-refractivity contribution in [3.8, 4) is 0 Å². The summed E-state index contributed by atoms with van der Waals surface area (Å²) in [5.41, 5.74) is 2.77. The van der Waals surface area contributed by atoms with E-state index in [1.165, 1.54) is 18.2 Å². The van der Waals surface area contributed by atoms with E-state index in [0.29, 0.717) is 17.8 Å². The van der Waals surface area contributed by atoms with Crippen LogP contribution in [0.3, 0.4) is 0 Å². The maximum Gasteiger partial charge on any atom is 0.257 e. The number of rotatable bonds is 9. The molecule has 3 heterocycles. The summed E-state index contributed by atoms with van der Waals surface area (Å²) in [6.07, 6.45) is 4.45. The number of morpholine rings is 1. The molecule has 1 N–H and O–H groups in total. The summed E-state index contributed by atoms with van der Waals surface area (Å²) in [6, 6.07) is 11.4. The van der Waals surface area contributed by atoms with E-state index in [0.717, 1.165) is 50.5 Å². The van der Waals surface area contributed by atoms with E-state index < -0.39 is 5.91 Å². The van der Waals surface area contributed by atoms with Crippen molar-refractivity contribution in [1.29, 1.82) is 0 Å². The smallest absolute Gasteiger partial charge is 0.257 e. The van der Waals surface area contributed by atoms with Gasteiger partial charge in [-0.15, -0.1) is 0 Å². The number of hydrogen-bond acceptors (Lipinski definition) is 5. The van der Waals surface area contributed by atoms with Gasteiger partial charge in [0.1, 0.15) is 11.4 Å². The number of nitrogens with zero attached hydrogens (tertiary/aromatic N) is 3. The highest BCUT2D eigenvalue weighted by Crippen LogP contribution is 2.17. The van der Waals surface area contributed by atoms with Gasteiger partial charge in [-0.2, -0.15) is 0 Å². The Morgan fingerprint density at radius 3 is 2.60 bits per heavy atom. The molecule has 0 unspecified atom stereocenters. The molecule has 0 bridgehead atoms. The van der Waals surface area contributed by atoms with Gasteiger partial charge in [0, 0.05) is 69.0 Å². The van der Waals surface area contributed by atoms with Crippen LogP contribution in [0.5, 0.6) is 0 Å². The largest absolute Gasteiger partial charge is 0.379 e. The SMILES string of the molecule is Cc1cc(=O)c(C(=O)NCc2ccncc2)c(Cc2cccc(F)c2)n1CCCN1CCOCC1. The second-order valence-electron chi connectivity index (χ2n) is 8.78. The van der Waals surface area contributed by atoms with Crippen LogP contribution < -0.4 is 10.7 Å². The molecule has 3 aromatic rings. The van der Waals surface area contributed by atoms with Crippen molar-refractivity contribution >= 4 is 5.91 Å². The Morgan fingerprint density at radius 2 is 1.86 bits per heavy atom. The summed E-state index contributed by atoms with van der Waals surface area (Å²) >= 11 is 0. The summed E-state index contributed by atoms with van der Waals surface area (Å²) in [7, 11) is 0. The van der Waals surface area contributed by atoms with Gasteiger partial charge >= 0.3 is 0 Å². The maximum absolute atomic E-state index is 13.9. The number of carbonyl (C=O) groups is 1. The molecule has 1 amide bonds. The van der Waals surface area contributed by atoms with Crippen LogP contribution in [-0.4, -0.2) is 53.2 Å². The lowest BCUT2D eigenvalue weighted by Gasteiger charge is -2.27. The van der Waals surface area contributed by atoms with Gasteiger partial charge in [0.05, 0.1) is 13.2 Å². The lowest BCUT2D eigenvalue weighted by molar-refractivity contribution is 0.0369. The number of ether oxygens (including phenoxy) is 1. The number of pyridine rings is 2. The highest BCUT2D eigenvalue weighted by molar-refractivity contribution is 5.95. The molecule has 1 aliphatic rings. The molecule has 0 radical (unpaired) electrons. The molecule has 4 rings (SSSR count). The van der Waals surface area contributed by atoms with E-state index >= 15 is 0 Å². The number of nitrogens with one attached hydrogen (secondary N) is 1. The van der Waals surface area contributed by atoms with Crippen LogP contribution in [0.1, 0.15) is 39.3 Å². The molecule has 8 heteroatoms. The molecular weight excluding hydrogens is 447 g/mol. The molecule has 35 heavy (non-hydrogen) atoms. The molecule has 0 aliphatic carbocycles. The Hall–Kier alpha value is -3.36. The summed E-state index contributed by atoms with van der Waals surface area (Å²) in [4.78, 5) is 32.7. The first-order valence-corrected chi connectivity index (χ1v) is 12.0. The number of aromatic nitrogens is 2. The van der Waals surface area contributed by atoms with Crippen LogP contribution in [0.2, 0.25) is 0 Å². The normalized spacial score (nSPS) is 14.1. The third-order valence-electron chi connectivity index (χ3n) is 6.28. The summed E-state index contributed by atoms with van der Waals surface area (Å²) < 4.78 is 21.4. The molecule has 1 saturated heterocycles. The van der Waals surface area contributed by atoms with Gasteiger partial charge in [-0.1, -0.05) is 12.1 Å². The fraction of sp³-hybridized carbons (Fsp3) is 0.370. The van der Waals surface area contributed by atoms with Crippen LogP contribution in [0.4, 0.5) is 4.39 Å². The van der Waals surface area contributed by atoms with Gasteiger partial charge in [0.25, 0.3) is 5.91 Å². The molecule has 0 saturated carbocycles.